The number of fused-ring (bicyclic) bond motifs is 2. The average molecular weight is 488 g/mol. The van der Waals surface area contributed by atoms with Gasteiger partial charge in [0.25, 0.3) is 0 Å². The lowest BCUT2D eigenvalue weighted by molar-refractivity contribution is -0.0478. The zero-order valence-corrected chi connectivity index (χ0v) is 19.1. The van der Waals surface area contributed by atoms with E-state index >= 15 is 0 Å². The highest BCUT2D eigenvalue weighted by atomic mass is 31.2. The van der Waals surface area contributed by atoms with Crippen LogP contribution in [0.3, 0.4) is 0 Å². The van der Waals surface area contributed by atoms with Crippen LogP contribution in [0.25, 0.3) is 11.2 Å². The highest BCUT2D eigenvalue weighted by Crippen LogP contribution is 2.55. The molecule has 2 aliphatic rings. The Hall–Kier alpha value is -3.27. The molecule has 1 aromatic carbocycles. The molecule has 2 aromatic heterocycles. The second-order valence-electron chi connectivity index (χ2n) is 8.00. The summed E-state index contributed by atoms with van der Waals surface area (Å²) < 4.78 is 41.8. The first-order chi connectivity index (χ1) is 16.3. The molecule has 5 rings (SSSR count). The molecular formula is C20H21N6O7P. The zero-order valence-electron chi connectivity index (χ0n) is 18.2. The fraction of sp³-hybridized carbons (Fsp3) is 0.400. The van der Waals surface area contributed by atoms with Gasteiger partial charge in [0.05, 0.1) is 32.7 Å². The summed E-state index contributed by atoms with van der Waals surface area (Å²) in [7, 11) is -2.54. The summed E-state index contributed by atoms with van der Waals surface area (Å²) in [6.07, 6.45) is -1.99. The van der Waals surface area contributed by atoms with Crippen molar-refractivity contribution in [3.8, 4) is 17.7 Å². The smallest absolute Gasteiger partial charge is 0.479 e. The maximum atomic E-state index is 13.0. The van der Waals surface area contributed by atoms with Gasteiger partial charge in [-0.25, -0.2) is 9.55 Å². The minimum absolute atomic E-state index is 0.0457. The number of phosphoric acid groups is 1. The number of methoxy groups -OCH3 is 1. The predicted octanol–water partition coefficient (Wildman–Crippen LogP) is 1.94. The summed E-state index contributed by atoms with van der Waals surface area (Å²) in [4.78, 5) is 12.4. The molecule has 2 aliphatic heterocycles. The van der Waals surface area contributed by atoms with Gasteiger partial charge < -0.3 is 24.8 Å². The summed E-state index contributed by atoms with van der Waals surface area (Å²) in [6, 6.07) is 9.10. The Labute approximate surface area is 193 Å². The summed E-state index contributed by atoms with van der Waals surface area (Å²) >= 11 is 0. The van der Waals surface area contributed by atoms with Gasteiger partial charge in [0.1, 0.15) is 23.4 Å². The number of aliphatic hydroxyl groups is 1. The van der Waals surface area contributed by atoms with Gasteiger partial charge in [0.15, 0.2) is 17.4 Å². The maximum absolute atomic E-state index is 13.0. The Morgan fingerprint density at radius 2 is 2.21 bits per heavy atom. The van der Waals surface area contributed by atoms with Crippen LogP contribution in [0, 0.1) is 16.7 Å². The van der Waals surface area contributed by atoms with E-state index in [2.05, 4.69) is 21.0 Å². The molecule has 0 amide bonds. The van der Waals surface area contributed by atoms with Crippen LogP contribution < -0.4 is 15.0 Å². The van der Waals surface area contributed by atoms with Crippen molar-refractivity contribution in [1.82, 2.24) is 19.5 Å². The Morgan fingerprint density at radius 1 is 1.41 bits per heavy atom. The van der Waals surface area contributed by atoms with E-state index in [9.17, 15) is 14.9 Å². The van der Waals surface area contributed by atoms with E-state index in [-0.39, 0.29) is 30.7 Å². The van der Waals surface area contributed by atoms with E-state index in [0.717, 1.165) is 5.56 Å². The number of hydrogen-bond donors (Lipinski definition) is 2. The van der Waals surface area contributed by atoms with Crippen LogP contribution in [0.4, 0.5) is 5.95 Å². The maximum Gasteiger partial charge on any atom is 0.530 e. The number of anilines is 1. The molecule has 3 N–H and O–H groups in total. The molecule has 13 nitrogen and oxygen atoms in total. The molecule has 14 heteroatoms. The van der Waals surface area contributed by atoms with E-state index in [0.29, 0.717) is 11.3 Å². The predicted molar refractivity (Wildman–Crippen MR) is 115 cm³/mol. The molecule has 34 heavy (non-hydrogen) atoms. The minimum Gasteiger partial charge on any atom is -0.479 e. The van der Waals surface area contributed by atoms with Gasteiger partial charge in [-0.15, -0.1) is 0 Å². The van der Waals surface area contributed by atoms with Crippen molar-refractivity contribution in [3.63, 3.8) is 0 Å². The number of para-hydroxylation sites is 1. The Kier molecular flexibility index (Phi) is 5.43. The number of nitrogens with zero attached hydrogens (tertiary/aromatic N) is 5. The highest BCUT2D eigenvalue weighted by molar-refractivity contribution is 7.49. The number of nitrogen functional groups attached to an aromatic ring is 1. The molecule has 5 unspecified atom stereocenters. The number of imidazole rings is 1. The van der Waals surface area contributed by atoms with Gasteiger partial charge in [0, 0.05) is 5.56 Å². The lowest BCUT2D eigenvalue weighted by Crippen LogP contribution is -2.37. The normalized spacial score (nSPS) is 30.5. The van der Waals surface area contributed by atoms with Crippen molar-refractivity contribution >= 4 is 24.9 Å². The zero-order chi connectivity index (χ0) is 24.1. The van der Waals surface area contributed by atoms with Gasteiger partial charge in [-0.2, -0.15) is 15.2 Å². The molecular weight excluding hydrogens is 467 g/mol. The van der Waals surface area contributed by atoms with Crippen molar-refractivity contribution in [2.24, 2.45) is 5.41 Å². The van der Waals surface area contributed by atoms with Crippen LogP contribution >= 0.6 is 7.82 Å². The van der Waals surface area contributed by atoms with Crippen LogP contribution in [0.15, 0.2) is 30.6 Å². The summed E-state index contributed by atoms with van der Waals surface area (Å²) in [6.45, 7) is 1.22. The molecule has 0 aliphatic carbocycles. The molecule has 1 fully saturated rings. The lowest BCUT2D eigenvalue weighted by Gasteiger charge is -2.26. The van der Waals surface area contributed by atoms with E-state index in [1.165, 1.54) is 24.9 Å². The third kappa shape index (κ3) is 3.56. The van der Waals surface area contributed by atoms with Crippen molar-refractivity contribution in [2.75, 3.05) is 19.5 Å². The molecule has 3 aromatic rings. The number of aromatic nitrogens is 4. The number of nitriles is 1. The SMILES string of the molecule is COc1nc(N)nc2c1ncn2C1OC(COP2(=O)OCc3ccccc3O2)C(O)C1(C)C#N. The van der Waals surface area contributed by atoms with Gasteiger partial charge in [-0.3, -0.25) is 13.6 Å². The van der Waals surface area contributed by atoms with E-state index in [1.807, 2.05) is 6.07 Å². The van der Waals surface area contributed by atoms with Gasteiger partial charge in [-0.1, -0.05) is 18.2 Å². The standard InChI is InChI=1S/C20H21N6O7P/c1-20(9-21)15(27)13(8-31-34(28)30-7-11-5-3-4-6-12(11)33-34)32-18(20)26-10-23-14-16(26)24-19(22)25-17(14)29-2/h3-6,10,13,15,18,27H,7-8H2,1-2H3,(H2,22,24,25). The lowest BCUT2D eigenvalue weighted by atomic mass is 9.84. The molecule has 4 heterocycles. The number of rotatable bonds is 5. The molecule has 0 bridgehead atoms. The van der Waals surface area contributed by atoms with Crippen LogP contribution in [0.2, 0.25) is 0 Å². The minimum atomic E-state index is -3.96. The monoisotopic (exact) mass is 488 g/mol. The molecule has 0 radical (unpaired) electrons. The number of aliphatic hydroxyl groups excluding tert-OH is 1. The van der Waals surface area contributed by atoms with Gasteiger partial charge >= 0.3 is 7.82 Å². The fourth-order valence-electron chi connectivity index (χ4n) is 3.98. The summed E-state index contributed by atoms with van der Waals surface area (Å²) in [5.74, 6) is 0.484. The van der Waals surface area contributed by atoms with Crippen LogP contribution in [-0.4, -0.2) is 50.6 Å². The number of phosphoric ester groups is 1. The number of hydrogen-bond acceptors (Lipinski definition) is 12. The molecule has 178 valence electrons. The first-order valence-electron chi connectivity index (χ1n) is 10.2. The van der Waals surface area contributed by atoms with Crippen molar-refractivity contribution < 1.29 is 32.7 Å². The third-order valence-corrected chi connectivity index (χ3v) is 7.17. The molecule has 1 saturated heterocycles. The van der Waals surface area contributed by atoms with E-state index < -0.39 is 31.7 Å². The number of ether oxygens (including phenoxy) is 2. The topological polar surface area (TPSA) is 177 Å². The molecule has 5 atom stereocenters. The summed E-state index contributed by atoms with van der Waals surface area (Å²) in [5, 5.41) is 20.9. The van der Waals surface area contributed by atoms with Crippen LogP contribution in [0.1, 0.15) is 18.7 Å². The van der Waals surface area contributed by atoms with Crippen molar-refractivity contribution in [2.45, 2.75) is 32.0 Å². The van der Waals surface area contributed by atoms with Crippen LogP contribution in [0.5, 0.6) is 11.6 Å². The first-order valence-corrected chi connectivity index (χ1v) is 11.7. The fourth-order valence-corrected chi connectivity index (χ4v) is 5.20. The second kappa shape index (κ2) is 8.19. The Bertz CT molecular complexity index is 1340. The quantitative estimate of drug-likeness (QED) is 0.500. The third-order valence-electron chi connectivity index (χ3n) is 5.83. The largest absolute Gasteiger partial charge is 0.530 e. The van der Waals surface area contributed by atoms with Gasteiger partial charge in [-0.05, 0) is 13.0 Å². The van der Waals surface area contributed by atoms with Crippen molar-refractivity contribution in [1.29, 1.82) is 5.26 Å². The number of benzene rings is 1. The molecule has 0 saturated carbocycles. The van der Waals surface area contributed by atoms with Crippen molar-refractivity contribution in [3.05, 3.63) is 36.2 Å². The first kappa shape index (κ1) is 22.5. The van der Waals surface area contributed by atoms with E-state index in [4.69, 9.17) is 28.8 Å². The Balaban J connectivity index is 1.40. The highest BCUT2D eigenvalue weighted by Gasteiger charge is 2.56. The number of nitrogens with two attached hydrogens (primary N) is 1. The molecule has 0 spiro atoms. The van der Waals surface area contributed by atoms with E-state index in [1.54, 1.807) is 18.2 Å². The summed E-state index contributed by atoms with van der Waals surface area (Å²) in [5.41, 5.74) is 5.64. The average Bonchev–Trinajstić information content (AvgIpc) is 3.36. The Morgan fingerprint density at radius 3 is 2.97 bits per heavy atom. The second-order valence-corrected chi connectivity index (χ2v) is 9.59. The van der Waals surface area contributed by atoms with Gasteiger partial charge in [0.2, 0.25) is 11.8 Å². The van der Waals surface area contributed by atoms with Crippen LogP contribution in [-0.2, 0) is 25.0 Å².